The van der Waals surface area contributed by atoms with Gasteiger partial charge in [0.15, 0.2) is 0 Å². The van der Waals surface area contributed by atoms with E-state index in [2.05, 4.69) is 20.4 Å². The number of nitrogens with one attached hydrogen (secondary N) is 1. The van der Waals surface area contributed by atoms with E-state index >= 15 is 0 Å². The Kier molecular flexibility index (Phi) is 2.44. The molecule has 2 aromatic rings. The molecule has 0 fully saturated rings. The van der Waals surface area contributed by atoms with Gasteiger partial charge in [0.25, 0.3) is 5.89 Å². The van der Waals surface area contributed by atoms with Crippen molar-refractivity contribution >= 4 is 5.97 Å². The van der Waals surface area contributed by atoms with Crippen molar-refractivity contribution in [3.8, 4) is 11.6 Å². The lowest BCUT2D eigenvalue weighted by atomic mass is 10.3. The molecule has 0 atom stereocenters. The van der Waals surface area contributed by atoms with Gasteiger partial charge >= 0.3 is 5.97 Å². The number of nitrogens with zero attached hydrogens (tertiary/aromatic N) is 3. The maximum Gasteiger partial charge on any atom is 0.303 e. The molecule has 0 aliphatic carbocycles. The highest BCUT2D eigenvalue weighted by atomic mass is 16.4. The number of hydrogen-bond acceptors (Lipinski definition) is 5. The van der Waals surface area contributed by atoms with Crippen LogP contribution >= 0.6 is 0 Å². The van der Waals surface area contributed by atoms with Gasteiger partial charge < -0.3 is 9.52 Å². The molecule has 0 aliphatic heterocycles. The van der Waals surface area contributed by atoms with Crippen LogP contribution in [0.15, 0.2) is 16.7 Å². The Labute approximate surface area is 84.1 Å². The molecule has 0 saturated carbocycles. The summed E-state index contributed by atoms with van der Waals surface area (Å²) in [4.78, 5) is 10.3. The molecule has 0 spiro atoms. The monoisotopic (exact) mass is 208 g/mol. The standard InChI is InChI=1S/C8H8N4O3/c13-7(14)2-1-6-11-12-8(15-6)5-3-4-9-10-5/h3-4H,1-2H2,(H,9,10)(H,13,14). The van der Waals surface area contributed by atoms with Crippen LogP contribution in [0.1, 0.15) is 12.3 Å². The number of hydrogen-bond donors (Lipinski definition) is 2. The Hall–Kier alpha value is -2.18. The third-order valence-corrected chi connectivity index (χ3v) is 1.75. The van der Waals surface area contributed by atoms with Crippen LogP contribution in [0.5, 0.6) is 0 Å². The minimum Gasteiger partial charge on any atom is -0.481 e. The summed E-state index contributed by atoms with van der Waals surface area (Å²) in [6.45, 7) is 0. The van der Waals surface area contributed by atoms with Gasteiger partial charge in [0.1, 0.15) is 5.69 Å². The van der Waals surface area contributed by atoms with E-state index in [-0.39, 0.29) is 12.8 Å². The van der Waals surface area contributed by atoms with Crippen LogP contribution in [0.2, 0.25) is 0 Å². The fraction of sp³-hybridized carbons (Fsp3) is 0.250. The van der Waals surface area contributed by atoms with E-state index in [1.807, 2.05) is 0 Å². The van der Waals surface area contributed by atoms with Crippen LogP contribution < -0.4 is 0 Å². The van der Waals surface area contributed by atoms with E-state index in [9.17, 15) is 4.79 Å². The Morgan fingerprint density at radius 3 is 3.07 bits per heavy atom. The molecule has 7 nitrogen and oxygen atoms in total. The fourth-order valence-electron chi connectivity index (χ4n) is 1.05. The van der Waals surface area contributed by atoms with Gasteiger partial charge in [0.2, 0.25) is 5.89 Å². The molecule has 0 amide bonds. The topological polar surface area (TPSA) is 105 Å². The van der Waals surface area contributed by atoms with Crippen LogP contribution in [-0.2, 0) is 11.2 Å². The molecule has 0 saturated heterocycles. The number of carboxylic acid groups (broad SMARTS) is 1. The summed E-state index contributed by atoms with van der Waals surface area (Å²) >= 11 is 0. The third-order valence-electron chi connectivity index (χ3n) is 1.75. The third kappa shape index (κ3) is 2.19. The van der Waals surface area contributed by atoms with Gasteiger partial charge in [-0.3, -0.25) is 9.89 Å². The molecular formula is C8H8N4O3. The maximum atomic E-state index is 10.3. The van der Waals surface area contributed by atoms with Crippen LogP contribution in [-0.4, -0.2) is 31.5 Å². The van der Waals surface area contributed by atoms with Gasteiger partial charge in [-0.2, -0.15) is 5.10 Å². The normalized spacial score (nSPS) is 10.4. The van der Waals surface area contributed by atoms with Gasteiger partial charge in [-0.1, -0.05) is 0 Å². The van der Waals surface area contributed by atoms with E-state index in [1.54, 1.807) is 12.3 Å². The number of aliphatic carboxylic acids is 1. The number of aromatic nitrogens is 4. The second-order valence-corrected chi connectivity index (χ2v) is 2.87. The highest BCUT2D eigenvalue weighted by Crippen LogP contribution is 2.14. The molecule has 0 aliphatic rings. The predicted octanol–water partition coefficient (Wildman–Crippen LogP) is 0.477. The first-order valence-corrected chi connectivity index (χ1v) is 4.29. The van der Waals surface area contributed by atoms with Crippen LogP contribution in [0.4, 0.5) is 0 Å². The molecule has 0 radical (unpaired) electrons. The SMILES string of the molecule is O=C(O)CCc1nnc(-c2ccn[nH]2)o1. The number of carbonyl (C=O) groups is 1. The summed E-state index contributed by atoms with van der Waals surface area (Å²) in [5.74, 6) is -0.272. The zero-order valence-corrected chi connectivity index (χ0v) is 7.67. The van der Waals surface area contributed by atoms with E-state index in [1.165, 1.54) is 0 Å². The second kappa shape index (κ2) is 3.91. The highest BCUT2D eigenvalue weighted by Gasteiger charge is 2.10. The molecule has 2 N–H and O–H groups in total. The predicted molar refractivity (Wildman–Crippen MR) is 47.8 cm³/mol. The van der Waals surface area contributed by atoms with Crippen molar-refractivity contribution < 1.29 is 14.3 Å². The minimum atomic E-state index is -0.892. The van der Waals surface area contributed by atoms with Gasteiger partial charge in [0, 0.05) is 12.6 Å². The molecule has 2 aromatic heterocycles. The van der Waals surface area contributed by atoms with Crippen molar-refractivity contribution in [1.82, 2.24) is 20.4 Å². The lowest BCUT2D eigenvalue weighted by Gasteiger charge is -1.89. The molecule has 15 heavy (non-hydrogen) atoms. The smallest absolute Gasteiger partial charge is 0.303 e. The Morgan fingerprint density at radius 1 is 1.53 bits per heavy atom. The lowest BCUT2D eigenvalue weighted by Crippen LogP contribution is -1.97. The number of carboxylic acids is 1. The van der Waals surface area contributed by atoms with Crippen molar-refractivity contribution in [3.63, 3.8) is 0 Å². The van der Waals surface area contributed by atoms with Gasteiger partial charge in [-0.25, -0.2) is 0 Å². The molecular weight excluding hydrogens is 200 g/mol. The first-order chi connectivity index (χ1) is 7.25. The summed E-state index contributed by atoms with van der Waals surface area (Å²) in [6.07, 6.45) is 1.78. The van der Waals surface area contributed by atoms with Crippen molar-refractivity contribution in [2.24, 2.45) is 0 Å². The van der Waals surface area contributed by atoms with Crippen LogP contribution in [0, 0.1) is 0 Å². The second-order valence-electron chi connectivity index (χ2n) is 2.87. The average molecular weight is 208 g/mol. The number of H-pyrrole nitrogens is 1. The fourth-order valence-corrected chi connectivity index (χ4v) is 1.05. The summed E-state index contributed by atoms with van der Waals surface area (Å²) in [7, 11) is 0. The van der Waals surface area contributed by atoms with Crippen molar-refractivity contribution in [2.75, 3.05) is 0 Å². The molecule has 2 rings (SSSR count). The molecule has 0 aromatic carbocycles. The first kappa shape index (κ1) is 9.38. The van der Waals surface area contributed by atoms with E-state index in [4.69, 9.17) is 9.52 Å². The molecule has 0 bridgehead atoms. The summed E-state index contributed by atoms with van der Waals surface area (Å²) in [5, 5.41) is 22.3. The quantitative estimate of drug-likeness (QED) is 0.756. The van der Waals surface area contributed by atoms with Crippen molar-refractivity contribution in [2.45, 2.75) is 12.8 Å². The Balaban J connectivity index is 2.08. The zero-order chi connectivity index (χ0) is 10.7. The van der Waals surface area contributed by atoms with Gasteiger partial charge in [0.05, 0.1) is 6.42 Å². The molecule has 2 heterocycles. The van der Waals surface area contributed by atoms with Gasteiger partial charge in [-0.05, 0) is 6.07 Å². The number of aromatic amines is 1. The van der Waals surface area contributed by atoms with Crippen LogP contribution in [0.25, 0.3) is 11.6 Å². The largest absolute Gasteiger partial charge is 0.481 e. The Morgan fingerprint density at radius 2 is 2.40 bits per heavy atom. The van der Waals surface area contributed by atoms with E-state index < -0.39 is 5.97 Å². The van der Waals surface area contributed by atoms with Crippen molar-refractivity contribution in [1.29, 1.82) is 0 Å². The van der Waals surface area contributed by atoms with Crippen molar-refractivity contribution in [3.05, 3.63) is 18.2 Å². The summed E-state index contributed by atoms with van der Waals surface area (Å²) in [5.41, 5.74) is 0.615. The number of rotatable bonds is 4. The highest BCUT2D eigenvalue weighted by molar-refractivity contribution is 5.66. The molecule has 0 unspecified atom stereocenters. The molecule has 7 heteroatoms. The van der Waals surface area contributed by atoms with E-state index in [0.29, 0.717) is 17.5 Å². The summed E-state index contributed by atoms with van der Waals surface area (Å²) in [6, 6.07) is 1.69. The zero-order valence-electron chi connectivity index (χ0n) is 7.67. The average Bonchev–Trinajstić information content (AvgIpc) is 2.85. The summed E-state index contributed by atoms with van der Waals surface area (Å²) < 4.78 is 5.22. The lowest BCUT2D eigenvalue weighted by molar-refractivity contribution is -0.137. The first-order valence-electron chi connectivity index (χ1n) is 4.29. The number of aryl methyl sites for hydroxylation is 1. The Bertz CT molecular complexity index is 448. The van der Waals surface area contributed by atoms with E-state index in [0.717, 1.165) is 0 Å². The maximum absolute atomic E-state index is 10.3. The minimum absolute atomic E-state index is 0.0232. The van der Waals surface area contributed by atoms with Gasteiger partial charge in [-0.15, -0.1) is 10.2 Å². The van der Waals surface area contributed by atoms with Crippen LogP contribution in [0.3, 0.4) is 0 Å². The molecule has 78 valence electrons.